The maximum Gasteiger partial charge on any atom is 0.0294 e. The van der Waals surface area contributed by atoms with E-state index in [1.807, 2.05) is 6.07 Å². The first-order chi connectivity index (χ1) is 8.31. The summed E-state index contributed by atoms with van der Waals surface area (Å²) >= 11 is 0. The predicted molar refractivity (Wildman–Crippen MR) is 73.7 cm³/mol. The first-order valence-electron chi connectivity index (χ1n) is 6.22. The van der Waals surface area contributed by atoms with Crippen molar-refractivity contribution in [3.8, 4) is 11.1 Å². The second-order valence-corrected chi connectivity index (χ2v) is 4.38. The highest BCUT2D eigenvalue weighted by Crippen LogP contribution is 2.22. The van der Waals surface area contributed by atoms with Crippen molar-refractivity contribution < 1.29 is 0 Å². The molecule has 1 heteroatoms. The van der Waals surface area contributed by atoms with Crippen molar-refractivity contribution >= 4 is 0 Å². The molecule has 17 heavy (non-hydrogen) atoms. The zero-order valence-electron chi connectivity index (χ0n) is 10.3. The molecule has 0 saturated heterocycles. The summed E-state index contributed by atoms with van der Waals surface area (Å²) in [5, 5.41) is 0. The quantitative estimate of drug-likeness (QED) is 0.831. The van der Waals surface area contributed by atoms with Gasteiger partial charge in [-0.25, -0.2) is 0 Å². The number of rotatable bonds is 4. The Hall–Kier alpha value is -1.60. The average molecular weight is 225 g/mol. The third-order valence-electron chi connectivity index (χ3n) is 3.05. The standard InChI is InChI=1S/C16H19N/c1-2-6-16(17)15-11-9-14(10-12-15)13-7-4-3-5-8-13/h3-5,7-12,16H,2,6,17H2,1H3/t16-/m0/s1. The van der Waals surface area contributed by atoms with Crippen LogP contribution in [0.15, 0.2) is 54.6 Å². The van der Waals surface area contributed by atoms with Crippen molar-refractivity contribution in [3.05, 3.63) is 60.2 Å². The summed E-state index contributed by atoms with van der Waals surface area (Å²) in [6.45, 7) is 2.16. The lowest BCUT2D eigenvalue weighted by Gasteiger charge is -2.11. The lowest BCUT2D eigenvalue weighted by atomic mass is 9.99. The fraction of sp³-hybridized carbons (Fsp3) is 0.250. The SMILES string of the molecule is CCC[C@H](N)c1ccc(-c2ccccc2)cc1. The van der Waals surface area contributed by atoms with E-state index in [4.69, 9.17) is 5.73 Å². The largest absolute Gasteiger partial charge is 0.324 e. The topological polar surface area (TPSA) is 26.0 Å². The second-order valence-electron chi connectivity index (χ2n) is 4.38. The summed E-state index contributed by atoms with van der Waals surface area (Å²) in [4.78, 5) is 0. The summed E-state index contributed by atoms with van der Waals surface area (Å²) in [6.07, 6.45) is 2.17. The molecule has 0 unspecified atom stereocenters. The maximum absolute atomic E-state index is 6.09. The van der Waals surface area contributed by atoms with E-state index in [0.717, 1.165) is 12.8 Å². The van der Waals surface area contributed by atoms with Gasteiger partial charge in [-0.15, -0.1) is 0 Å². The first kappa shape index (κ1) is 11.9. The molecule has 2 aromatic carbocycles. The molecule has 0 bridgehead atoms. The third-order valence-corrected chi connectivity index (χ3v) is 3.05. The summed E-state index contributed by atoms with van der Waals surface area (Å²) in [6, 6.07) is 19.2. The van der Waals surface area contributed by atoms with Crippen LogP contribution in [0.1, 0.15) is 31.4 Å². The molecule has 0 amide bonds. The van der Waals surface area contributed by atoms with Gasteiger partial charge >= 0.3 is 0 Å². The van der Waals surface area contributed by atoms with Crippen LogP contribution in [-0.2, 0) is 0 Å². The molecule has 0 aliphatic rings. The van der Waals surface area contributed by atoms with Gasteiger partial charge in [0.1, 0.15) is 0 Å². The number of benzene rings is 2. The zero-order valence-corrected chi connectivity index (χ0v) is 10.3. The molecule has 0 heterocycles. The molecule has 0 aromatic heterocycles. The van der Waals surface area contributed by atoms with Crippen molar-refractivity contribution in [2.45, 2.75) is 25.8 Å². The maximum atomic E-state index is 6.09. The van der Waals surface area contributed by atoms with Crippen LogP contribution in [-0.4, -0.2) is 0 Å². The van der Waals surface area contributed by atoms with E-state index in [-0.39, 0.29) is 6.04 Å². The Morgan fingerprint density at radius 1 is 0.882 bits per heavy atom. The molecule has 0 saturated carbocycles. The Labute approximate surface area is 103 Å². The second kappa shape index (κ2) is 5.65. The van der Waals surface area contributed by atoms with Gasteiger partial charge in [-0.2, -0.15) is 0 Å². The summed E-state index contributed by atoms with van der Waals surface area (Å²) in [7, 11) is 0. The number of hydrogen-bond donors (Lipinski definition) is 1. The van der Waals surface area contributed by atoms with E-state index in [9.17, 15) is 0 Å². The van der Waals surface area contributed by atoms with E-state index in [1.165, 1.54) is 16.7 Å². The van der Waals surface area contributed by atoms with E-state index in [0.29, 0.717) is 0 Å². The average Bonchev–Trinajstić information content (AvgIpc) is 2.40. The van der Waals surface area contributed by atoms with E-state index < -0.39 is 0 Å². The normalized spacial score (nSPS) is 12.4. The monoisotopic (exact) mass is 225 g/mol. The van der Waals surface area contributed by atoms with E-state index in [2.05, 4.69) is 55.5 Å². The minimum Gasteiger partial charge on any atom is -0.324 e. The van der Waals surface area contributed by atoms with Crippen molar-refractivity contribution in [1.29, 1.82) is 0 Å². The van der Waals surface area contributed by atoms with Gasteiger partial charge in [0, 0.05) is 6.04 Å². The van der Waals surface area contributed by atoms with Crippen LogP contribution in [0.25, 0.3) is 11.1 Å². The van der Waals surface area contributed by atoms with Gasteiger partial charge in [-0.3, -0.25) is 0 Å². The third kappa shape index (κ3) is 2.95. The molecule has 0 radical (unpaired) electrons. The molecule has 88 valence electrons. The van der Waals surface area contributed by atoms with Crippen molar-refractivity contribution in [3.63, 3.8) is 0 Å². The number of hydrogen-bond acceptors (Lipinski definition) is 1. The highest BCUT2D eigenvalue weighted by atomic mass is 14.6. The fourth-order valence-electron chi connectivity index (χ4n) is 2.03. The van der Waals surface area contributed by atoms with E-state index in [1.54, 1.807) is 0 Å². The Balaban J connectivity index is 2.19. The Kier molecular flexibility index (Phi) is 3.94. The molecule has 2 N–H and O–H groups in total. The van der Waals surface area contributed by atoms with Crippen molar-refractivity contribution in [2.75, 3.05) is 0 Å². The molecule has 1 nitrogen and oxygen atoms in total. The molecule has 2 aromatic rings. The Morgan fingerprint density at radius 2 is 1.47 bits per heavy atom. The zero-order chi connectivity index (χ0) is 12.1. The first-order valence-corrected chi connectivity index (χ1v) is 6.22. The van der Waals surface area contributed by atoms with Crippen LogP contribution < -0.4 is 5.73 Å². The van der Waals surface area contributed by atoms with Crippen LogP contribution in [0.4, 0.5) is 0 Å². The van der Waals surface area contributed by atoms with Gasteiger partial charge in [0.25, 0.3) is 0 Å². The molecule has 1 atom stereocenters. The molecule has 0 spiro atoms. The molecular formula is C16H19N. The smallest absolute Gasteiger partial charge is 0.0294 e. The van der Waals surface area contributed by atoms with Gasteiger partial charge in [-0.1, -0.05) is 67.9 Å². The van der Waals surface area contributed by atoms with Crippen LogP contribution in [0.5, 0.6) is 0 Å². The summed E-state index contributed by atoms with van der Waals surface area (Å²) in [5.74, 6) is 0. The van der Waals surface area contributed by atoms with Gasteiger partial charge in [0.2, 0.25) is 0 Å². The van der Waals surface area contributed by atoms with Crippen molar-refractivity contribution in [1.82, 2.24) is 0 Å². The lowest BCUT2D eigenvalue weighted by molar-refractivity contribution is 0.638. The molecule has 0 fully saturated rings. The molecular weight excluding hydrogens is 206 g/mol. The Bertz CT molecular complexity index is 445. The van der Waals surface area contributed by atoms with Crippen molar-refractivity contribution in [2.24, 2.45) is 5.73 Å². The van der Waals surface area contributed by atoms with Crippen LogP contribution >= 0.6 is 0 Å². The predicted octanol–water partition coefficient (Wildman–Crippen LogP) is 4.15. The molecule has 0 aliphatic carbocycles. The van der Waals surface area contributed by atoms with Gasteiger partial charge in [-0.05, 0) is 23.1 Å². The minimum absolute atomic E-state index is 0.171. The minimum atomic E-state index is 0.171. The van der Waals surface area contributed by atoms with Gasteiger partial charge in [0.05, 0.1) is 0 Å². The van der Waals surface area contributed by atoms with Crippen LogP contribution in [0.3, 0.4) is 0 Å². The lowest BCUT2D eigenvalue weighted by Crippen LogP contribution is -2.09. The highest BCUT2D eigenvalue weighted by molar-refractivity contribution is 5.63. The van der Waals surface area contributed by atoms with E-state index >= 15 is 0 Å². The molecule has 0 aliphatic heterocycles. The number of nitrogens with two attached hydrogens (primary N) is 1. The van der Waals surface area contributed by atoms with Gasteiger partial charge in [0.15, 0.2) is 0 Å². The summed E-state index contributed by atoms with van der Waals surface area (Å²) in [5.41, 5.74) is 9.82. The van der Waals surface area contributed by atoms with Crippen LogP contribution in [0.2, 0.25) is 0 Å². The Morgan fingerprint density at radius 3 is 2.06 bits per heavy atom. The summed E-state index contributed by atoms with van der Waals surface area (Å²) < 4.78 is 0. The highest BCUT2D eigenvalue weighted by Gasteiger charge is 2.04. The molecule has 2 rings (SSSR count). The van der Waals surface area contributed by atoms with Crippen LogP contribution in [0, 0.1) is 0 Å². The van der Waals surface area contributed by atoms with Gasteiger partial charge < -0.3 is 5.73 Å². The fourth-order valence-corrected chi connectivity index (χ4v) is 2.03.